The van der Waals surface area contributed by atoms with E-state index in [9.17, 15) is 10.2 Å². The van der Waals surface area contributed by atoms with Crippen molar-refractivity contribution < 1.29 is 61.7 Å². The molecule has 0 aromatic heterocycles. The fraction of sp³-hybridized carbons (Fsp3) is 0.0667. The molecular formula is C60H60FeN3O5P2Ru+2. The molecule has 369 valence electrons. The minimum atomic E-state index is -0.877. The van der Waals surface area contributed by atoms with Gasteiger partial charge in [-0.25, -0.2) is 12.1 Å². The predicted molar refractivity (Wildman–Crippen MR) is 299 cm³/mol. The maximum absolute atomic E-state index is 9.93. The van der Waals surface area contributed by atoms with Gasteiger partial charge in [-0.3, -0.25) is 9.98 Å². The third-order valence-corrected chi connectivity index (χ3v) is 15.7. The first-order valence-corrected chi connectivity index (χ1v) is 25.2. The Balaban J connectivity index is 0.000000341. The second-order valence-electron chi connectivity index (χ2n) is 14.8. The molecular weight excluding hydrogens is 1060 g/mol. The Morgan fingerprint density at radius 2 is 0.681 bits per heavy atom. The smallest absolute Gasteiger partial charge is 0.512 e. The molecule has 0 aliphatic heterocycles. The van der Waals surface area contributed by atoms with Gasteiger partial charge < -0.3 is 37.0 Å². The molecule has 1 radical (unpaired) electrons. The van der Waals surface area contributed by atoms with Gasteiger partial charge in [-0.2, -0.15) is 18.2 Å². The monoisotopic (exact) mass is 1120 g/mol. The number of aromatic hydroxyl groups is 2. The van der Waals surface area contributed by atoms with Crippen LogP contribution in [0.1, 0.15) is 11.1 Å². The third kappa shape index (κ3) is 19.7. The van der Waals surface area contributed by atoms with Gasteiger partial charge in [-0.05, 0) is 97.1 Å². The maximum Gasteiger partial charge on any atom is 1.00 e. The van der Waals surface area contributed by atoms with Crippen LogP contribution in [0.4, 0.5) is 0 Å². The summed E-state index contributed by atoms with van der Waals surface area (Å²) in [5.74, 6) is 0.943. The number of phenols is 2. The van der Waals surface area contributed by atoms with Crippen LogP contribution < -0.4 is 41.3 Å². The fourth-order valence-corrected chi connectivity index (χ4v) is 12.2. The van der Waals surface area contributed by atoms with Gasteiger partial charge in [0.15, 0.2) is 23.0 Å². The van der Waals surface area contributed by atoms with E-state index in [1.807, 2.05) is 30.3 Å². The summed E-state index contributed by atoms with van der Waals surface area (Å²) in [6.07, 6.45) is 3.16. The number of rotatable bonds is 13. The van der Waals surface area contributed by atoms with Crippen LogP contribution in [-0.4, -0.2) is 50.0 Å². The summed E-state index contributed by atoms with van der Waals surface area (Å²) in [5, 5.41) is 34.7. The summed E-state index contributed by atoms with van der Waals surface area (Å²) in [5.41, 5.74) is 1.17. The largest absolute Gasteiger partial charge is 1.00 e. The Kier molecular flexibility index (Phi) is 30.7. The SMILES string of the molecule is COc1cccc(C=NCCN=Cc2cccc(OC)c2O)c1O.[C-]#N.[Fe].[OH3+].[Ru+].c1cc[cH-]c1.c1ccc([PH+](c2ccccc2)c2ccccc2)cc1.c1ccc([PH+](c2ccccc2)c2ccccc2)cc1. The molecule has 0 heterocycles. The second kappa shape index (κ2) is 36.1. The summed E-state index contributed by atoms with van der Waals surface area (Å²) in [6, 6.07) is 85.4. The van der Waals surface area contributed by atoms with Gasteiger partial charge in [0.2, 0.25) is 0 Å². The third-order valence-electron chi connectivity index (χ3n) is 10.2. The van der Waals surface area contributed by atoms with Crippen molar-refractivity contribution in [1.29, 1.82) is 5.26 Å². The topological polar surface area (TPSA) is 140 Å². The fourth-order valence-electron chi connectivity index (χ4n) is 7.01. The van der Waals surface area contributed by atoms with Gasteiger partial charge in [0, 0.05) is 40.6 Å². The number of ether oxygens (including phenoxy) is 2. The van der Waals surface area contributed by atoms with Crippen molar-refractivity contribution in [2.45, 2.75) is 0 Å². The van der Waals surface area contributed by atoms with Crippen molar-refractivity contribution in [1.82, 2.24) is 0 Å². The summed E-state index contributed by atoms with van der Waals surface area (Å²) >= 11 is 0. The average molecular weight is 1120 g/mol. The van der Waals surface area contributed by atoms with Crippen molar-refractivity contribution in [2.75, 3.05) is 27.3 Å². The molecule has 0 bridgehead atoms. The molecule has 0 saturated heterocycles. The van der Waals surface area contributed by atoms with E-state index < -0.39 is 15.8 Å². The van der Waals surface area contributed by atoms with Gasteiger partial charge >= 0.3 is 19.5 Å². The number of para-hydroxylation sites is 2. The number of methoxy groups -OCH3 is 2. The number of benzene rings is 8. The van der Waals surface area contributed by atoms with Crippen molar-refractivity contribution in [3.63, 3.8) is 0 Å². The van der Waals surface area contributed by atoms with Crippen molar-refractivity contribution in [2.24, 2.45) is 9.98 Å². The van der Waals surface area contributed by atoms with Crippen LogP contribution in [0.15, 0.2) is 259 Å². The molecule has 12 heteroatoms. The summed E-state index contributed by atoms with van der Waals surface area (Å²) in [7, 11) is 1.24. The van der Waals surface area contributed by atoms with Crippen LogP contribution in [0.25, 0.3) is 0 Å². The molecule has 0 saturated carbocycles. The number of nitrogens with zero attached hydrogens (tertiary/aromatic N) is 3. The number of phenolic OH excluding ortho intramolecular Hbond substituents is 2. The van der Waals surface area contributed by atoms with E-state index in [2.05, 4.69) is 192 Å². The quantitative estimate of drug-likeness (QED) is 0.0296. The van der Waals surface area contributed by atoms with E-state index in [1.165, 1.54) is 46.0 Å². The van der Waals surface area contributed by atoms with Crippen LogP contribution in [0.2, 0.25) is 0 Å². The minimum Gasteiger partial charge on any atom is -0.512 e. The minimum absolute atomic E-state index is 0. The molecule has 0 fully saturated rings. The van der Waals surface area contributed by atoms with Crippen molar-refractivity contribution >= 4 is 60.1 Å². The number of aliphatic imine (C=N–C) groups is 2. The average Bonchev–Trinajstić information content (AvgIpc) is 4.02. The van der Waals surface area contributed by atoms with Gasteiger partial charge in [-0.1, -0.05) is 121 Å². The first-order chi connectivity index (χ1) is 34.1. The normalized spacial score (nSPS) is 9.92. The molecule has 0 spiro atoms. The Morgan fingerprint density at radius 3 is 0.889 bits per heavy atom. The van der Waals surface area contributed by atoms with E-state index >= 15 is 0 Å². The van der Waals surface area contributed by atoms with Crippen molar-refractivity contribution in [3.05, 3.63) is 266 Å². The Bertz CT molecular complexity index is 2460. The summed E-state index contributed by atoms with van der Waals surface area (Å²) < 4.78 is 10.1. The molecule has 0 atom stereocenters. The summed E-state index contributed by atoms with van der Waals surface area (Å²) in [4.78, 5) is 8.45. The molecule has 9 aromatic rings. The molecule has 0 aliphatic rings. The maximum atomic E-state index is 9.93. The van der Waals surface area contributed by atoms with Crippen molar-refractivity contribution in [3.8, 4) is 23.0 Å². The number of hydrogen-bond donors (Lipinski definition) is 2. The van der Waals surface area contributed by atoms with E-state index in [4.69, 9.17) is 21.3 Å². The zero-order valence-electron chi connectivity index (χ0n) is 40.1. The van der Waals surface area contributed by atoms with Crippen LogP contribution in [0, 0.1) is 11.8 Å². The Labute approximate surface area is 450 Å². The van der Waals surface area contributed by atoms with Crippen LogP contribution in [-0.2, 0) is 42.0 Å². The molecule has 9 aromatic carbocycles. The van der Waals surface area contributed by atoms with Gasteiger partial charge in [0.1, 0.15) is 31.8 Å². The van der Waals surface area contributed by atoms with Gasteiger partial charge in [-0.15, -0.1) is 0 Å². The molecule has 8 nitrogen and oxygen atoms in total. The molecule has 0 aliphatic carbocycles. The van der Waals surface area contributed by atoms with Crippen LogP contribution >= 0.6 is 15.8 Å². The molecule has 9 rings (SSSR count). The van der Waals surface area contributed by atoms with E-state index in [-0.39, 0.29) is 53.5 Å². The Morgan fingerprint density at radius 1 is 0.431 bits per heavy atom. The number of hydrogen-bond acceptors (Lipinski definition) is 7. The second-order valence-corrected chi connectivity index (χ2v) is 19.7. The Hall–Kier alpha value is -6.90. The summed E-state index contributed by atoms with van der Waals surface area (Å²) in [6.45, 7) is 5.66. The van der Waals surface area contributed by atoms with Crippen LogP contribution in [0.3, 0.4) is 0 Å². The molecule has 0 amide bonds. The predicted octanol–water partition coefficient (Wildman–Crippen LogP) is 9.58. The first kappa shape index (κ1) is 61.2. The molecule has 0 unspecified atom stereocenters. The molecule has 5 N–H and O–H groups in total. The molecule has 72 heavy (non-hydrogen) atoms. The van der Waals surface area contributed by atoms with Gasteiger partial charge in [0.05, 0.1) is 43.2 Å². The van der Waals surface area contributed by atoms with Crippen LogP contribution in [0.5, 0.6) is 23.0 Å². The zero-order valence-corrected chi connectivity index (χ0v) is 44.9. The van der Waals surface area contributed by atoms with E-state index in [0.717, 1.165) is 0 Å². The van der Waals surface area contributed by atoms with E-state index in [0.29, 0.717) is 35.7 Å². The van der Waals surface area contributed by atoms with Gasteiger partial charge in [0.25, 0.3) is 0 Å². The zero-order chi connectivity index (χ0) is 48.7. The van der Waals surface area contributed by atoms with E-state index in [1.54, 1.807) is 48.8 Å². The standard InChI is InChI=1S/C18H20N2O4.2C18H15P.C5H5.CN.Fe.H2O.Ru/c1-23-15-7-3-5-13(17(15)21)11-19-9-10-20-12-14-6-4-8-16(24-2)18(14)22;2*1-4-10-16(11-5-1)19(17-12-6-2-7-13-17)18-14-8-3-9-15-18;1-2-4-5-3-1;1-2;;;/h3-8,11-12,21-22H,9-10H2,1-2H3;2*1-15H;1-5H;;;1H2;/q;;;2*-1;;;+1/p+3. The first-order valence-electron chi connectivity index (χ1n) is 22.2.